The minimum atomic E-state index is -0.199. The van der Waals surface area contributed by atoms with Gasteiger partial charge in [-0.15, -0.1) is 0 Å². The Kier molecular flexibility index (Phi) is 7.65. The van der Waals surface area contributed by atoms with Crippen molar-refractivity contribution in [2.75, 3.05) is 19.7 Å². The Morgan fingerprint density at radius 3 is 2.19 bits per heavy atom. The maximum Gasteiger partial charge on any atom is 0.258 e. The summed E-state index contributed by atoms with van der Waals surface area (Å²) < 4.78 is 5.78. The second kappa shape index (κ2) is 9.95. The Morgan fingerprint density at radius 2 is 1.63 bits per heavy atom. The SMILES string of the molecule is CCCN(CCC)C(=O)c1cc2ccccc2cc1OCC(=O)NC(C)C. The Balaban J connectivity index is 2.36. The van der Waals surface area contributed by atoms with Gasteiger partial charge in [-0.3, -0.25) is 9.59 Å². The van der Waals surface area contributed by atoms with Gasteiger partial charge in [0.1, 0.15) is 5.75 Å². The summed E-state index contributed by atoms with van der Waals surface area (Å²) in [6.45, 7) is 9.21. The van der Waals surface area contributed by atoms with Gasteiger partial charge in [0.2, 0.25) is 0 Å². The van der Waals surface area contributed by atoms with Gasteiger partial charge in [0.15, 0.2) is 6.61 Å². The molecule has 27 heavy (non-hydrogen) atoms. The molecule has 146 valence electrons. The Hall–Kier alpha value is -2.56. The van der Waals surface area contributed by atoms with Crippen molar-refractivity contribution in [3.05, 3.63) is 42.0 Å². The van der Waals surface area contributed by atoms with E-state index in [0.29, 0.717) is 24.4 Å². The molecular formula is C22H30N2O3. The molecule has 0 fully saturated rings. The standard InChI is InChI=1S/C22H30N2O3/c1-5-11-24(12-6-2)22(26)19-13-17-9-7-8-10-18(17)14-20(19)27-15-21(25)23-16(3)4/h7-10,13-14,16H,5-6,11-12,15H2,1-4H3,(H,23,25). The van der Waals surface area contributed by atoms with Crippen LogP contribution in [0.3, 0.4) is 0 Å². The fourth-order valence-electron chi connectivity index (χ4n) is 3.04. The zero-order chi connectivity index (χ0) is 19.8. The smallest absolute Gasteiger partial charge is 0.258 e. The average Bonchev–Trinajstić information content (AvgIpc) is 2.64. The van der Waals surface area contributed by atoms with Crippen LogP contribution in [0.2, 0.25) is 0 Å². The maximum absolute atomic E-state index is 13.2. The number of carbonyl (C=O) groups excluding carboxylic acids is 2. The van der Waals surface area contributed by atoms with Gasteiger partial charge in [0.25, 0.3) is 11.8 Å². The largest absolute Gasteiger partial charge is 0.483 e. The average molecular weight is 370 g/mol. The highest BCUT2D eigenvalue weighted by molar-refractivity contribution is 6.01. The van der Waals surface area contributed by atoms with E-state index in [2.05, 4.69) is 19.2 Å². The van der Waals surface area contributed by atoms with Gasteiger partial charge in [-0.25, -0.2) is 0 Å². The van der Waals surface area contributed by atoms with E-state index in [-0.39, 0.29) is 24.5 Å². The van der Waals surface area contributed by atoms with Crippen LogP contribution in [0.15, 0.2) is 36.4 Å². The molecule has 2 amide bonds. The number of fused-ring (bicyclic) bond motifs is 1. The summed E-state index contributed by atoms with van der Waals surface area (Å²) in [5.74, 6) is 0.203. The lowest BCUT2D eigenvalue weighted by molar-refractivity contribution is -0.123. The molecule has 2 aromatic rings. The van der Waals surface area contributed by atoms with Crippen LogP contribution in [0.25, 0.3) is 10.8 Å². The number of amides is 2. The van der Waals surface area contributed by atoms with E-state index in [0.717, 1.165) is 23.6 Å². The lowest BCUT2D eigenvalue weighted by atomic mass is 10.0. The highest BCUT2D eigenvalue weighted by Crippen LogP contribution is 2.27. The van der Waals surface area contributed by atoms with Crippen LogP contribution >= 0.6 is 0 Å². The van der Waals surface area contributed by atoms with Crippen molar-refractivity contribution in [2.45, 2.75) is 46.6 Å². The summed E-state index contributed by atoms with van der Waals surface area (Å²) in [6, 6.07) is 11.6. The molecular weight excluding hydrogens is 340 g/mol. The normalized spacial score (nSPS) is 10.9. The summed E-state index contributed by atoms with van der Waals surface area (Å²) >= 11 is 0. The van der Waals surface area contributed by atoms with Crippen molar-refractivity contribution in [1.82, 2.24) is 10.2 Å². The van der Waals surface area contributed by atoms with Crippen LogP contribution in [0.5, 0.6) is 5.75 Å². The molecule has 0 radical (unpaired) electrons. The predicted molar refractivity (Wildman–Crippen MR) is 109 cm³/mol. The molecule has 0 spiro atoms. The fourth-order valence-corrected chi connectivity index (χ4v) is 3.04. The van der Waals surface area contributed by atoms with Gasteiger partial charge in [-0.2, -0.15) is 0 Å². The van der Waals surface area contributed by atoms with E-state index in [1.165, 1.54) is 0 Å². The molecule has 2 aromatic carbocycles. The highest BCUT2D eigenvalue weighted by Gasteiger charge is 2.20. The number of hydrogen-bond acceptors (Lipinski definition) is 3. The van der Waals surface area contributed by atoms with E-state index in [4.69, 9.17) is 4.74 Å². The van der Waals surface area contributed by atoms with Gasteiger partial charge in [-0.1, -0.05) is 38.1 Å². The maximum atomic E-state index is 13.2. The molecule has 0 aromatic heterocycles. The van der Waals surface area contributed by atoms with Crippen molar-refractivity contribution < 1.29 is 14.3 Å². The van der Waals surface area contributed by atoms with Crippen LogP contribution in [-0.4, -0.2) is 42.5 Å². The lowest BCUT2D eigenvalue weighted by Gasteiger charge is -2.23. The van der Waals surface area contributed by atoms with Crippen molar-refractivity contribution in [2.24, 2.45) is 0 Å². The van der Waals surface area contributed by atoms with E-state index in [1.54, 1.807) is 0 Å². The van der Waals surface area contributed by atoms with Crippen molar-refractivity contribution in [3.8, 4) is 5.75 Å². The van der Waals surface area contributed by atoms with Crippen molar-refractivity contribution in [1.29, 1.82) is 0 Å². The fraction of sp³-hybridized carbons (Fsp3) is 0.455. The highest BCUT2D eigenvalue weighted by atomic mass is 16.5. The van der Waals surface area contributed by atoms with E-state index in [1.807, 2.05) is 55.1 Å². The molecule has 5 nitrogen and oxygen atoms in total. The van der Waals surface area contributed by atoms with Crippen molar-refractivity contribution in [3.63, 3.8) is 0 Å². The van der Waals surface area contributed by atoms with Gasteiger partial charge in [-0.05, 0) is 49.6 Å². The van der Waals surface area contributed by atoms with Gasteiger partial charge >= 0.3 is 0 Å². The quantitative estimate of drug-likeness (QED) is 0.726. The third-order valence-corrected chi connectivity index (χ3v) is 4.16. The number of benzene rings is 2. The molecule has 0 bridgehead atoms. The molecule has 0 aliphatic carbocycles. The molecule has 2 rings (SSSR count). The number of rotatable bonds is 9. The second-order valence-corrected chi connectivity index (χ2v) is 7.00. The predicted octanol–water partition coefficient (Wildman–Crippen LogP) is 4.01. The first-order valence-electron chi connectivity index (χ1n) is 9.70. The molecule has 0 heterocycles. The zero-order valence-electron chi connectivity index (χ0n) is 16.7. The van der Waals surface area contributed by atoms with Crippen LogP contribution in [0.4, 0.5) is 0 Å². The topological polar surface area (TPSA) is 58.6 Å². The molecule has 0 atom stereocenters. The monoisotopic (exact) mass is 370 g/mol. The van der Waals surface area contributed by atoms with Gasteiger partial charge < -0.3 is 15.0 Å². The molecule has 0 saturated carbocycles. The van der Waals surface area contributed by atoms with Crippen LogP contribution in [0, 0.1) is 0 Å². The summed E-state index contributed by atoms with van der Waals surface area (Å²) in [5, 5.41) is 4.76. The minimum absolute atomic E-state index is 0.0448. The molecule has 1 N–H and O–H groups in total. The third kappa shape index (κ3) is 5.71. The number of hydrogen-bond donors (Lipinski definition) is 1. The van der Waals surface area contributed by atoms with E-state index >= 15 is 0 Å². The summed E-state index contributed by atoms with van der Waals surface area (Å²) in [7, 11) is 0. The van der Waals surface area contributed by atoms with Crippen molar-refractivity contribution >= 4 is 22.6 Å². The summed E-state index contributed by atoms with van der Waals surface area (Å²) in [5.41, 5.74) is 0.507. The summed E-state index contributed by atoms with van der Waals surface area (Å²) in [6.07, 6.45) is 1.79. The number of carbonyl (C=O) groups is 2. The molecule has 0 unspecified atom stereocenters. The first kappa shape index (κ1) is 20.7. The van der Waals surface area contributed by atoms with Gasteiger partial charge in [0.05, 0.1) is 5.56 Å². The number of ether oxygens (including phenoxy) is 1. The van der Waals surface area contributed by atoms with Gasteiger partial charge in [0, 0.05) is 19.1 Å². The first-order chi connectivity index (χ1) is 13.0. The second-order valence-electron chi connectivity index (χ2n) is 7.00. The Bertz CT molecular complexity index is 780. The number of nitrogens with one attached hydrogen (secondary N) is 1. The summed E-state index contributed by atoms with van der Waals surface area (Å²) in [4.78, 5) is 27.0. The van der Waals surface area contributed by atoms with E-state index in [9.17, 15) is 9.59 Å². The minimum Gasteiger partial charge on any atom is -0.483 e. The first-order valence-corrected chi connectivity index (χ1v) is 9.70. The molecule has 0 aliphatic heterocycles. The zero-order valence-corrected chi connectivity index (χ0v) is 16.7. The van der Waals surface area contributed by atoms with E-state index < -0.39 is 0 Å². The van der Waals surface area contributed by atoms with Crippen LogP contribution < -0.4 is 10.1 Å². The Morgan fingerprint density at radius 1 is 1.04 bits per heavy atom. The van der Waals surface area contributed by atoms with Crippen LogP contribution in [-0.2, 0) is 4.79 Å². The molecule has 0 saturated heterocycles. The Labute approximate surface area is 161 Å². The van der Waals surface area contributed by atoms with Crippen LogP contribution in [0.1, 0.15) is 50.9 Å². The lowest BCUT2D eigenvalue weighted by Crippen LogP contribution is -2.35. The third-order valence-electron chi connectivity index (χ3n) is 4.16. The molecule has 0 aliphatic rings. The number of nitrogens with zero attached hydrogens (tertiary/aromatic N) is 1. The molecule has 5 heteroatoms.